The maximum Gasteiger partial charge on any atom is 0.422 e. The Kier molecular flexibility index (Phi) is 6.22. The number of carboxylic acids is 1. The molecule has 1 aliphatic heterocycles. The number of benzene rings is 1. The molecule has 0 bridgehead atoms. The zero-order chi connectivity index (χ0) is 20.2. The summed E-state index contributed by atoms with van der Waals surface area (Å²) in [4.78, 5) is 25.1. The molecule has 2 rings (SSSR count). The minimum Gasteiger partial charge on any atom is -0.493 e. The van der Waals surface area contributed by atoms with Crippen molar-refractivity contribution < 1.29 is 37.3 Å². The summed E-state index contributed by atoms with van der Waals surface area (Å²) in [7, 11) is 1.32. The molecule has 0 aromatic heterocycles. The number of nitrogens with zero attached hydrogens (tertiary/aromatic N) is 1. The summed E-state index contributed by atoms with van der Waals surface area (Å²) < 4.78 is 46.6. The number of alkyl halides is 3. The second-order valence-corrected chi connectivity index (χ2v) is 6.82. The number of carboxylic acid groups (broad SMARTS) is 1. The average Bonchev–Trinajstić information content (AvgIpc) is 3.01. The predicted octanol–water partition coefficient (Wildman–Crippen LogP) is 2.89. The van der Waals surface area contributed by atoms with E-state index < -0.39 is 24.2 Å². The maximum atomic E-state index is 12.3. The van der Waals surface area contributed by atoms with E-state index >= 15 is 0 Å². The Morgan fingerprint density at radius 2 is 2.00 bits per heavy atom. The van der Waals surface area contributed by atoms with Crippen LogP contribution < -0.4 is 9.47 Å². The van der Waals surface area contributed by atoms with Crippen LogP contribution in [-0.2, 0) is 16.0 Å². The molecule has 0 spiro atoms. The van der Waals surface area contributed by atoms with Crippen molar-refractivity contribution in [2.24, 2.45) is 5.41 Å². The number of aryl methyl sites for hydroxylation is 1. The first-order valence-electron chi connectivity index (χ1n) is 8.42. The third-order valence-electron chi connectivity index (χ3n) is 4.59. The number of rotatable bonds is 7. The van der Waals surface area contributed by atoms with Crippen LogP contribution in [0, 0.1) is 5.41 Å². The fourth-order valence-electron chi connectivity index (χ4n) is 2.90. The van der Waals surface area contributed by atoms with Crippen molar-refractivity contribution in [3.05, 3.63) is 23.8 Å². The summed E-state index contributed by atoms with van der Waals surface area (Å²) in [5, 5.41) is 9.22. The summed E-state index contributed by atoms with van der Waals surface area (Å²) in [5.41, 5.74) is -0.212. The molecule has 0 radical (unpaired) electrons. The van der Waals surface area contributed by atoms with Crippen molar-refractivity contribution in [3.8, 4) is 11.5 Å². The van der Waals surface area contributed by atoms with Crippen LogP contribution in [0.25, 0.3) is 0 Å². The van der Waals surface area contributed by atoms with Crippen molar-refractivity contribution in [3.63, 3.8) is 0 Å². The lowest BCUT2D eigenvalue weighted by Gasteiger charge is -2.20. The van der Waals surface area contributed by atoms with Gasteiger partial charge in [0.15, 0.2) is 18.1 Å². The van der Waals surface area contributed by atoms with E-state index in [4.69, 9.17) is 9.47 Å². The average molecular weight is 389 g/mol. The molecule has 1 N–H and O–H groups in total. The number of ether oxygens (including phenoxy) is 2. The molecule has 1 aliphatic rings. The van der Waals surface area contributed by atoms with E-state index in [0.717, 1.165) is 0 Å². The Bertz CT molecular complexity index is 707. The van der Waals surface area contributed by atoms with Crippen LogP contribution in [0.2, 0.25) is 0 Å². The number of carbonyl (C=O) groups excluding carboxylic acids is 1. The third kappa shape index (κ3) is 5.51. The van der Waals surface area contributed by atoms with Gasteiger partial charge in [0.1, 0.15) is 0 Å². The summed E-state index contributed by atoms with van der Waals surface area (Å²) in [6, 6.07) is 4.49. The lowest BCUT2D eigenvalue weighted by molar-refractivity contribution is -0.153. The number of hydrogen-bond donors (Lipinski definition) is 1. The zero-order valence-electron chi connectivity index (χ0n) is 15.1. The van der Waals surface area contributed by atoms with E-state index in [1.165, 1.54) is 24.1 Å². The van der Waals surface area contributed by atoms with Gasteiger partial charge in [0, 0.05) is 19.5 Å². The zero-order valence-corrected chi connectivity index (χ0v) is 15.1. The van der Waals surface area contributed by atoms with Crippen LogP contribution in [0.1, 0.15) is 25.3 Å². The minimum atomic E-state index is -4.45. The Balaban J connectivity index is 1.94. The largest absolute Gasteiger partial charge is 0.493 e. The van der Waals surface area contributed by atoms with Gasteiger partial charge in [-0.1, -0.05) is 6.07 Å². The van der Waals surface area contributed by atoms with E-state index in [-0.39, 0.29) is 30.4 Å². The Labute approximate surface area is 154 Å². The second-order valence-electron chi connectivity index (χ2n) is 6.82. The molecule has 150 valence electrons. The Morgan fingerprint density at radius 3 is 2.56 bits per heavy atom. The molecule has 1 aromatic rings. The maximum absolute atomic E-state index is 12.3. The summed E-state index contributed by atoms with van der Waals surface area (Å²) in [6.07, 6.45) is -3.51. The van der Waals surface area contributed by atoms with E-state index in [0.29, 0.717) is 24.9 Å². The van der Waals surface area contributed by atoms with Gasteiger partial charge >= 0.3 is 12.1 Å². The van der Waals surface area contributed by atoms with Gasteiger partial charge in [0.05, 0.1) is 12.5 Å². The molecule has 27 heavy (non-hydrogen) atoms. The topological polar surface area (TPSA) is 76.1 Å². The summed E-state index contributed by atoms with van der Waals surface area (Å²) in [5.74, 6) is -0.946. The Hall–Kier alpha value is -2.45. The van der Waals surface area contributed by atoms with E-state index in [2.05, 4.69) is 0 Å². The van der Waals surface area contributed by atoms with Gasteiger partial charge in [-0.3, -0.25) is 9.59 Å². The summed E-state index contributed by atoms with van der Waals surface area (Å²) >= 11 is 0. The van der Waals surface area contributed by atoms with Crippen LogP contribution in [-0.4, -0.2) is 54.9 Å². The highest BCUT2D eigenvalue weighted by Gasteiger charge is 2.41. The monoisotopic (exact) mass is 389 g/mol. The van der Waals surface area contributed by atoms with Crippen molar-refractivity contribution in [1.82, 2.24) is 4.90 Å². The van der Waals surface area contributed by atoms with Gasteiger partial charge in [-0.05, 0) is 37.5 Å². The van der Waals surface area contributed by atoms with Gasteiger partial charge in [0.25, 0.3) is 0 Å². The fourth-order valence-corrected chi connectivity index (χ4v) is 2.90. The summed E-state index contributed by atoms with van der Waals surface area (Å²) in [6.45, 7) is 0.773. The lowest BCUT2D eigenvalue weighted by Crippen LogP contribution is -2.34. The number of likely N-dealkylation sites (tertiary alicyclic amines) is 1. The quantitative estimate of drug-likeness (QED) is 0.776. The van der Waals surface area contributed by atoms with Crippen LogP contribution in [0.5, 0.6) is 11.5 Å². The van der Waals surface area contributed by atoms with Crippen molar-refractivity contribution in [2.75, 3.05) is 26.8 Å². The molecule has 1 saturated heterocycles. The molecule has 0 saturated carbocycles. The van der Waals surface area contributed by atoms with Crippen molar-refractivity contribution in [2.45, 2.75) is 32.4 Å². The van der Waals surface area contributed by atoms with Crippen LogP contribution >= 0.6 is 0 Å². The molecule has 0 aliphatic carbocycles. The van der Waals surface area contributed by atoms with Gasteiger partial charge in [0.2, 0.25) is 5.91 Å². The molecular formula is C18H22F3NO5. The molecule has 1 heterocycles. The SMILES string of the molecule is COc1cc(CCC(=O)N2CC[C@](C)(C(=O)O)C2)ccc1OCC(F)(F)F. The van der Waals surface area contributed by atoms with Gasteiger partial charge in [-0.15, -0.1) is 0 Å². The molecule has 0 unspecified atom stereocenters. The van der Waals surface area contributed by atoms with Crippen LogP contribution in [0.3, 0.4) is 0 Å². The molecular weight excluding hydrogens is 367 g/mol. The number of carbonyl (C=O) groups is 2. The molecule has 1 aromatic carbocycles. The van der Waals surface area contributed by atoms with E-state index in [9.17, 15) is 27.9 Å². The number of aliphatic carboxylic acids is 1. The molecule has 1 atom stereocenters. The third-order valence-corrected chi connectivity index (χ3v) is 4.59. The van der Waals surface area contributed by atoms with Crippen LogP contribution in [0.4, 0.5) is 13.2 Å². The van der Waals surface area contributed by atoms with E-state index in [1.807, 2.05) is 0 Å². The highest BCUT2D eigenvalue weighted by atomic mass is 19.4. The highest BCUT2D eigenvalue weighted by Crippen LogP contribution is 2.32. The first-order chi connectivity index (χ1) is 12.5. The van der Waals surface area contributed by atoms with Gasteiger partial charge < -0.3 is 19.5 Å². The number of methoxy groups -OCH3 is 1. The first-order valence-corrected chi connectivity index (χ1v) is 8.42. The lowest BCUT2D eigenvalue weighted by atomic mass is 9.90. The number of halogens is 3. The molecule has 1 fully saturated rings. The smallest absolute Gasteiger partial charge is 0.422 e. The fraction of sp³-hybridized carbons (Fsp3) is 0.556. The predicted molar refractivity (Wildman–Crippen MR) is 89.8 cm³/mol. The first kappa shape index (κ1) is 20.9. The molecule has 9 heteroatoms. The Morgan fingerprint density at radius 1 is 1.30 bits per heavy atom. The van der Waals surface area contributed by atoms with E-state index in [1.54, 1.807) is 13.0 Å². The van der Waals surface area contributed by atoms with Crippen LogP contribution in [0.15, 0.2) is 18.2 Å². The highest BCUT2D eigenvalue weighted by molar-refractivity contribution is 5.80. The van der Waals surface area contributed by atoms with Crippen molar-refractivity contribution in [1.29, 1.82) is 0 Å². The minimum absolute atomic E-state index is 0.0262. The second kappa shape index (κ2) is 8.06. The van der Waals surface area contributed by atoms with Gasteiger partial charge in [-0.2, -0.15) is 13.2 Å². The number of hydrogen-bond acceptors (Lipinski definition) is 4. The molecule has 1 amide bonds. The van der Waals surface area contributed by atoms with Gasteiger partial charge in [-0.25, -0.2) is 0 Å². The number of amides is 1. The normalized spacial score (nSPS) is 19.8. The van der Waals surface area contributed by atoms with Crippen molar-refractivity contribution >= 4 is 11.9 Å². The molecule has 6 nitrogen and oxygen atoms in total. The standard InChI is InChI=1S/C18H22F3NO5/c1-17(16(24)25)7-8-22(10-17)15(23)6-4-12-3-5-13(14(9-12)26-2)27-11-18(19,20)21/h3,5,9H,4,6-8,10-11H2,1-2H3,(H,24,25)/t17-/m0/s1.